The van der Waals surface area contributed by atoms with Crippen LogP contribution in [0.25, 0.3) is 0 Å². The van der Waals surface area contributed by atoms with Crippen molar-refractivity contribution in [2.45, 2.75) is 0 Å². The first-order valence-corrected chi connectivity index (χ1v) is 1.55. The molecule has 0 aromatic carbocycles. The van der Waals surface area contributed by atoms with Crippen LogP contribution in [0, 0.1) is 6.33 Å². The summed E-state index contributed by atoms with van der Waals surface area (Å²) < 4.78 is 0.806. The van der Waals surface area contributed by atoms with Gasteiger partial charge in [0.25, 0.3) is 0 Å². The summed E-state index contributed by atoms with van der Waals surface area (Å²) in [5.74, 6) is 0. The van der Waals surface area contributed by atoms with Crippen LogP contribution in [-0.4, -0.2) is 19.7 Å². The highest BCUT2D eigenvalue weighted by molar-refractivity contribution is 6.13. The molecule has 4 nitrogen and oxygen atoms in total. The van der Waals surface area contributed by atoms with Gasteiger partial charge in [-0.15, -0.1) is 4.32 Å². The summed E-state index contributed by atoms with van der Waals surface area (Å²) in [6, 6.07) is 0. The zero-order chi connectivity index (χ0) is 4.41. The molecule has 1 rings (SSSR count). The van der Waals surface area contributed by atoms with Crippen LogP contribution in [0.1, 0.15) is 0 Å². The van der Waals surface area contributed by atoms with Crippen molar-refractivity contribution in [1.29, 1.82) is 0 Å². The molecule has 1 heterocycles. The summed E-state index contributed by atoms with van der Waals surface area (Å²) in [6.45, 7) is 0. The number of nitrogens with zero attached hydrogens (tertiary/aromatic N) is 4. The molecule has 32 valence electrons. The van der Waals surface area contributed by atoms with E-state index in [1.807, 2.05) is 0 Å². The van der Waals surface area contributed by atoms with Gasteiger partial charge in [0.15, 0.2) is 0 Å². The minimum atomic E-state index is 0.806. The van der Waals surface area contributed by atoms with Gasteiger partial charge in [0, 0.05) is 0 Å². The van der Waals surface area contributed by atoms with Crippen LogP contribution in [0.4, 0.5) is 0 Å². The molecule has 0 bridgehead atoms. The van der Waals surface area contributed by atoms with Crippen molar-refractivity contribution < 1.29 is 0 Å². The summed E-state index contributed by atoms with van der Waals surface area (Å²) in [5.41, 5.74) is 0. The summed E-state index contributed by atoms with van der Waals surface area (Å²) in [5, 5.41) is 9.60. The first-order chi connectivity index (χ1) is 2.89. The van der Waals surface area contributed by atoms with Gasteiger partial charge in [0.1, 0.15) is 0 Å². The second-order valence-corrected chi connectivity index (χ2v) is 0.932. The summed E-state index contributed by atoms with van der Waals surface area (Å²) in [4.78, 5) is 0. The Kier molecular flexibility index (Phi) is 0.719. The standard InChI is InChI=1S/CClN4/c2-6-4-1-3-5-6/q-1. The molecule has 1 aromatic heterocycles. The van der Waals surface area contributed by atoms with Gasteiger partial charge in [0.05, 0.1) is 11.8 Å². The third kappa shape index (κ3) is 0.463. The highest BCUT2D eigenvalue weighted by Crippen LogP contribution is 1.69. The minimum Gasteiger partial charge on any atom is -0.337 e. The highest BCUT2D eigenvalue weighted by Gasteiger charge is 1.63. The lowest BCUT2D eigenvalue weighted by molar-refractivity contribution is 0.803. The van der Waals surface area contributed by atoms with E-state index < -0.39 is 0 Å². The smallest absolute Gasteiger partial charge is 0.0578 e. The highest BCUT2D eigenvalue weighted by atomic mass is 35.5. The largest absolute Gasteiger partial charge is 0.337 e. The third-order valence-corrected chi connectivity index (χ3v) is 0.434. The second kappa shape index (κ2) is 1.22. The molecular weight excluding hydrogens is 103 g/mol. The summed E-state index contributed by atoms with van der Waals surface area (Å²) >= 11 is 5.06. The van der Waals surface area contributed by atoms with E-state index in [-0.39, 0.29) is 0 Å². The van der Waals surface area contributed by atoms with Gasteiger partial charge >= 0.3 is 0 Å². The molecule has 0 fully saturated rings. The van der Waals surface area contributed by atoms with E-state index in [1.54, 1.807) is 0 Å². The van der Waals surface area contributed by atoms with Crippen LogP contribution in [0.15, 0.2) is 0 Å². The van der Waals surface area contributed by atoms with Crippen molar-refractivity contribution >= 4 is 11.8 Å². The van der Waals surface area contributed by atoms with Gasteiger partial charge in [-0.2, -0.15) is 0 Å². The van der Waals surface area contributed by atoms with Gasteiger partial charge in [-0.1, -0.05) is 5.21 Å². The lowest BCUT2D eigenvalue weighted by Crippen LogP contribution is -1.82. The summed E-state index contributed by atoms with van der Waals surface area (Å²) in [6.07, 6.45) is 2.15. The zero-order valence-electron chi connectivity index (χ0n) is 2.67. The Balaban J connectivity index is 3.05. The normalized spacial score (nSPS) is 8.83. The molecule has 0 radical (unpaired) electrons. The molecule has 0 aliphatic carbocycles. The molecular formula is CClN4-. The van der Waals surface area contributed by atoms with E-state index >= 15 is 0 Å². The van der Waals surface area contributed by atoms with Crippen molar-refractivity contribution in [2.24, 2.45) is 0 Å². The van der Waals surface area contributed by atoms with Crippen LogP contribution < -0.4 is 0 Å². The van der Waals surface area contributed by atoms with Crippen LogP contribution in [0.2, 0.25) is 0 Å². The maximum Gasteiger partial charge on any atom is 0.0578 e. The third-order valence-electron chi connectivity index (χ3n) is 0.290. The fraction of sp³-hybridized carbons (Fsp3) is 0. The Morgan fingerprint density at radius 1 is 1.67 bits per heavy atom. The van der Waals surface area contributed by atoms with Crippen molar-refractivity contribution in [3.8, 4) is 0 Å². The van der Waals surface area contributed by atoms with E-state index in [4.69, 9.17) is 11.8 Å². The predicted molar refractivity (Wildman–Crippen MR) is 17.9 cm³/mol. The Morgan fingerprint density at radius 2 is 2.50 bits per heavy atom. The van der Waals surface area contributed by atoms with E-state index in [1.165, 1.54) is 0 Å². The van der Waals surface area contributed by atoms with E-state index in [0.29, 0.717) is 0 Å². The van der Waals surface area contributed by atoms with Crippen LogP contribution >= 0.6 is 11.8 Å². The Hall–Kier alpha value is -0.640. The maximum absolute atomic E-state index is 5.06. The maximum atomic E-state index is 5.06. The Labute approximate surface area is 38.8 Å². The Morgan fingerprint density at radius 3 is 2.67 bits per heavy atom. The molecule has 0 unspecified atom stereocenters. The predicted octanol–water partition coefficient (Wildman–Crippen LogP) is -0.525. The quantitative estimate of drug-likeness (QED) is 0.415. The van der Waals surface area contributed by atoms with E-state index in [0.717, 1.165) is 4.32 Å². The lowest BCUT2D eigenvalue weighted by Gasteiger charge is -1.74. The first kappa shape index (κ1) is 3.55. The molecule has 0 spiro atoms. The Bertz CT molecular complexity index is 111. The first-order valence-electron chi connectivity index (χ1n) is 1.22. The molecule has 0 aliphatic rings. The van der Waals surface area contributed by atoms with Gasteiger partial charge < -0.3 is 10.2 Å². The van der Waals surface area contributed by atoms with Crippen LogP contribution in [-0.2, 0) is 0 Å². The van der Waals surface area contributed by atoms with Crippen LogP contribution in [0.5, 0.6) is 0 Å². The van der Waals surface area contributed by atoms with Crippen molar-refractivity contribution in [2.75, 3.05) is 0 Å². The zero-order valence-corrected chi connectivity index (χ0v) is 3.42. The van der Waals surface area contributed by atoms with Gasteiger partial charge in [0.2, 0.25) is 0 Å². The number of tetrazole rings is 1. The van der Waals surface area contributed by atoms with Gasteiger partial charge in [-0.25, -0.2) is 6.33 Å². The van der Waals surface area contributed by atoms with Crippen molar-refractivity contribution in [3.63, 3.8) is 0 Å². The number of hydrogen-bond donors (Lipinski definition) is 0. The molecule has 0 atom stereocenters. The molecule has 6 heavy (non-hydrogen) atoms. The molecule has 0 N–H and O–H groups in total. The fourth-order valence-corrected chi connectivity index (χ4v) is 0.201. The average Bonchev–Trinajstić information content (AvgIpc) is 1.86. The molecule has 0 aliphatic heterocycles. The number of aromatic nitrogens is 4. The molecule has 0 amide bonds. The molecule has 5 heteroatoms. The number of rotatable bonds is 0. The minimum absolute atomic E-state index is 0.806. The number of halogens is 1. The summed E-state index contributed by atoms with van der Waals surface area (Å²) in [7, 11) is 0. The van der Waals surface area contributed by atoms with Gasteiger partial charge in [-0.3, -0.25) is 0 Å². The average molecular weight is 103 g/mol. The fourth-order valence-electron chi connectivity index (χ4n) is 0.134. The SMILES string of the molecule is Cln1n[c-]nn1. The number of hydrogen-bond acceptors (Lipinski definition) is 3. The molecule has 0 saturated heterocycles. The van der Waals surface area contributed by atoms with E-state index in [9.17, 15) is 0 Å². The second-order valence-electron chi connectivity index (χ2n) is 0.630. The monoisotopic (exact) mass is 103 g/mol. The van der Waals surface area contributed by atoms with Crippen molar-refractivity contribution in [3.05, 3.63) is 6.33 Å². The van der Waals surface area contributed by atoms with E-state index in [2.05, 4.69) is 21.7 Å². The van der Waals surface area contributed by atoms with Crippen LogP contribution in [0.3, 0.4) is 0 Å². The molecule has 0 saturated carbocycles. The van der Waals surface area contributed by atoms with Gasteiger partial charge in [-0.05, 0) is 0 Å². The molecule has 1 aromatic rings. The van der Waals surface area contributed by atoms with Crippen molar-refractivity contribution in [1.82, 2.24) is 19.7 Å². The lowest BCUT2D eigenvalue weighted by atomic mass is 11.4. The topological polar surface area (TPSA) is 43.6 Å².